The molecule has 4 nitrogen and oxygen atoms in total. The van der Waals surface area contributed by atoms with Crippen LogP contribution in [0.4, 0.5) is 0 Å². The van der Waals surface area contributed by atoms with Gasteiger partial charge in [0.05, 0.1) is 18.8 Å². The smallest absolute Gasteiger partial charge is 0.192 e. The summed E-state index contributed by atoms with van der Waals surface area (Å²) in [6.45, 7) is 2.65. The molecule has 0 aromatic rings. The van der Waals surface area contributed by atoms with Gasteiger partial charge in [0, 0.05) is 6.42 Å². The molecule has 0 aromatic heterocycles. The number of rotatable bonds is 4. The molecule has 0 spiro atoms. The lowest BCUT2D eigenvalue weighted by Crippen LogP contribution is -2.39. The van der Waals surface area contributed by atoms with E-state index in [2.05, 4.69) is 4.52 Å². The van der Waals surface area contributed by atoms with Crippen molar-refractivity contribution in [3.63, 3.8) is 0 Å². The topological polar surface area (TPSA) is 72.4 Å². The average molecular weight is 318 g/mol. The van der Waals surface area contributed by atoms with Crippen LogP contribution >= 0.6 is 54.2 Å². The highest BCUT2D eigenvalue weighted by atomic mass is 35.6. The molecule has 1 unspecified atom stereocenters. The van der Waals surface area contributed by atoms with E-state index >= 15 is 0 Å². The van der Waals surface area contributed by atoms with Gasteiger partial charge in [-0.25, -0.2) is 0 Å². The largest absolute Gasteiger partial charge is 0.790 e. The standard InChI is InChI=1S/C6H11Cl4O4P/c1-5(2,14-15(11,12)13)4(7)3-6(8,9)10/h4H,3H2,1-2H3,(H2,11,12,13)/p-2. The predicted molar refractivity (Wildman–Crippen MR) is 57.3 cm³/mol. The van der Waals surface area contributed by atoms with Gasteiger partial charge in [-0.1, -0.05) is 34.8 Å². The summed E-state index contributed by atoms with van der Waals surface area (Å²) in [4.78, 5) is 20.8. The Morgan fingerprint density at radius 3 is 2.00 bits per heavy atom. The first-order valence-electron chi connectivity index (χ1n) is 3.77. The Bertz CT molecular complexity index is 258. The molecule has 0 saturated carbocycles. The average Bonchev–Trinajstić information content (AvgIpc) is 1.75. The van der Waals surface area contributed by atoms with E-state index in [-0.39, 0.29) is 6.42 Å². The lowest BCUT2D eigenvalue weighted by molar-refractivity contribution is -0.348. The van der Waals surface area contributed by atoms with Crippen molar-refractivity contribution in [2.24, 2.45) is 0 Å². The van der Waals surface area contributed by atoms with Gasteiger partial charge in [-0.15, -0.1) is 11.6 Å². The molecule has 0 aromatic carbocycles. The second-order valence-corrected chi connectivity index (χ2v) is 7.55. The maximum absolute atomic E-state index is 10.4. The Balaban J connectivity index is 4.53. The van der Waals surface area contributed by atoms with Crippen LogP contribution in [0.15, 0.2) is 0 Å². The summed E-state index contributed by atoms with van der Waals surface area (Å²) in [7, 11) is -5.12. The van der Waals surface area contributed by atoms with Crippen LogP contribution in [-0.4, -0.2) is 14.8 Å². The molecule has 0 rings (SSSR count). The number of alkyl halides is 4. The molecule has 0 heterocycles. The maximum Gasteiger partial charge on any atom is 0.192 e. The van der Waals surface area contributed by atoms with Crippen molar-refractivity contribution in [2.75, 3.05) is 0 Å². The van der Waals surface area contributed by atoms with Crippen molar-refractivity contribution in [3.05, 3.63) is 0 Å². The minimum absolute atomic E-state index is 0.147. The van der Waals surface area contributed by atoms with E-state index < -0.39 is 22.6 Å². The highest BCUT2D eigenvalue weighted by Crippen LogP contribution is 2.41. The summed E-state index contributed by atoms with van der Waals surface area (Å²) in [5, 5.41) is -0.929. The van der Waals surface area contributed by atoms with Gasteiger partial charge in [-0.3, -0.25) is 0 Å². The summed E-state index contributed by atoms with van der Waals surface area (Å²) in [6, 6.07) is 0. The molecule has 1 atom stereocenters. The molecular formula is C6H9Cl4O4P-2. The molecule has 0 aliphatic rings. The predicted octanol–water partition coefficient (Wildman–Crippen LogP) is 1.98. The molecule has 0 radical (unpaired) electrons. The zero-order valence-electron chi connectivity index (χ0n) is 7.88. The molecule has 0 fully saturated rings. The second kappa shape index (κ2) is 5.28. The van der Waals surface area contributed by atoms with Crippen molar-refractivity contribution >= 4 is 54.2 Å². The SMILES string of the molecule is CC(C)(OP(=O)([O-])[O-])C(Cl)CC(Cl)(Cl)Cl. The number of hydrogen-bond acceptors (Lipinski definition) is 4. The maximum atomic E-state index is 10.4. The molecule has 0 amide bonds. The van der Waals surface area contributed by atoms with E-state index in [1.165, 1.54) is 13.8 Å². The summed E-state index contributed by atoms with van der Waals surface area (Å²) in [5.41, 5.74) is -1.43. The van der Waals surface area contributed by atoms with Gasteiger partial charge in [0.15, 0.2) is 3.79 Å². The third kappa shape index (κ3) is 8.06. The molecule has 92 valence electrons. The van der Waals surface area contributed by atoms with Crippen LogP contribution in [-0.2, 0) is 9.09 Å². The van der Waals surface area contributed by atoms with Crippen molar-refractivity contribution in [2.45, 2.75) is 35.0 Å². The number of halogens is 4. The number of hydrogen-bond donors (Lipinski definition) is 0. The Morgan fingerprint density at radius 1 is 1.33 bits per heavy atom. The van der Waals surface area contributed by atoms with Gasteiger partial charge >= 0.3 is 0 Å². The molecular weight excluding hydrogens is 309 g/mol. The highest BCUT2D eigenvalue weighted by molar-refractivity contribution is 7.43. The minimum Gasteiger partial charge on any atom is -0.790 e. The first kappa shape index (κ1) is 16.3. The summed E-state index contributed by atoms with van der Waals surface area (Å²) >= 11 is 22.2. The molecule has 0 N–H and O–H groups in total. The summed E-state index contributed by atoms with van der Waals surface area (Å²) < 4.78 is 13.0. The van der Waals surface area contributed by atoms with Crippen LogP contribution in [0.25, 0.3) is 0 Å². The Hall–Kier alpha value is 1.27. The van der Waals surface area contributed by atoms with Crippen molar-refractivity contribution in [1.82, 2.24) is 0 Å². The zero-order valence-corrected chi connectivity index (χ0v) is 11.8. The summed E-state index contributed by atoms with van der Waals surface area (Å²) in [5.74, 6) is 0. The van der Waals surface area contributed by atoms with Gasteiger partial charge in [0.2, 0.25) is 0 Å². The normalized spacial score (nSPS) is 16.5. The zero-order chi connectivity index (χ0) is 12.5. The van der Waals surface area contributed by atoms with Crippen molar-refractivity contribution < 1.29 is 18.9 Å². The minimum atomic E-state index is -5.12. The fourth-order valence-corrected chi connectivity index (χ4v) is 2.54. The quantitative estimate of drug-likeness (QED) is 0.587. The van der Waals surface area contributed by atoms with E-state index in [0.717, 1.165) is 0 Å². The van der Waals surface area contributed by atoms with Gasteiger partial charge in [-0.05, 0) is 13.8 Å². The first-order chi connectivity index (χ1) is 6.33. The number of phosphoric acid groups is 1. The lowest BCUT2D eigenvalue weighted by atomic mass is 10.0. The van der Waals surface area contributed by atoms with E-state index in [1.807, 2.05) is 0 Å². The van der Waals surface area contributed by atoms with E-state index in [1.54, 1.807) is 0 Å². The fourth-order valence-electron chi connectivity index (χ4n) is 0.794. The monoisotopic (exact) mass is 316 g/mol. The third-order valence-electron chi connectivity index (χ3n) is 1.51. The Morgan fingerprint density at radius 2 is 1.73 bits per heavy atom. The van der Waals surface area contributed by atoms with Crippen LogP contribution < -0.4 is 9.79 Å². The third-order valence-corrected chi connectivity index (χ3v) is 3.35. The molecule has 0 aliphatic heterocycles. The van der Waals surface area contributed by atoms with E-state index in [9.17, 15) is 14.4 Å². The van der Waals surface area contributed by atoms with Crippen molar-refractivity contribution in [1.29, 1.82) is 0 Å². The van der Waals surface area contributed by atoms with E-state index in [4.69, 9.17) is 46.4 Å². The molecule has 9 heteroatoms. The van der Waals surface area contributed by atoms with Crippen LogP contribution in [0, 0.1) is 0 Å². The highest BCUT2D eigenvalue weighted by Gasteiger charge is 2.36. The second-order valence-electron chi connectivity index (χ2n) is 3.43. The van der Waals surface area contributed by atoms with Gasteiger partial charge in [0.25, 0.3) is 0 Å². The van der Waals surface area contributed by atoms with Gasteiger partial charge in [0.1, 0.15) is 0 Å². The molecule has 0 aliphatic carbocycles. The van der Waals surface area contributed by atoms with Gasteiger partial charge in [-0.2, -0.15) is 0 Å². The Kier molecular flexibility index (Phi) is 5.73. The number of phosphoric ester groups is 1. The van der Waals surface area contributed by atoms with Gasteiger partial charge < -0.3 is 18.9 Å². The molecule has 0 bridgehead atoms. The van der Waals surface area contributed by atoms with Crippen LogP contribution in [0.3, 0.4) is 0 Å². The van der Waals surface area contributed by atoms with Crippen molar-refractivity contribution in [3.8, 4) is 0 Å². The Labute approximate surface area is 108 Å². The van der Waals surface area contributed by atoms with Crippen LogP contribution in [0.2, 0.25) is 0 Å². The lowest BCUT2D eigenvalue weighted by Gasteiger charge is -2.41. The molecule has 15 heavy (non-hydrogen) atoms. The summed E-state index contributed by atoms with van der Waals surface area (Å²) in [6.07, 6.45) is -0.147. The first-order valence-corrected chi connectivity index (χ1v) is 6.80. The van der Waals surface area contributed by atoms with Crippen LogP contribution in [0.5, 0.6) is 0 Å². The fraction of sp³-hybridized carbons (Fsp3) is 1.00. The van der Waals surface area contributed by atoms with E-state index in [0.29, 0.717) is 0 Å². The van der Waals surface area contributed by atoms with Crippen LogP contribution in [0.1, 0.15) is 20.3 Å². The molecule has 0 saturated heterocycles.